The van der Waals surface area contributed by atoms with E-state index >= 15 is 0 Å². The molecule has 3 aromatic rings. The van der Waals surface area contributed by atoms with E-state index in [0.29, 0.717) is 11.1 Å². The summed E-state index contributed by atoms with van der Waals surface area (Å²) in [5.74, 6) is -2.24. The summed E-state index contributed by atoms with van der Waals surface area (Å²) in [6.07, 6.45) is 3.05. The molecule has 0 saturated carbocycles. The van der Waals surface area contributed by atoms with Crippen LogP contribution in [0, 0.1) is 0 Å². The maximum absolute atomic E-state index is 13.0. The van der Waals surface area contributed by atoms with Crippen molar-refractivity contribution < 1.29 is 19.8 Å². The van der Waals surface area contributed by atoms with Crippen molar-refractivity contribution in [1.29, 1.82) is 0 Å². The second-order valence-corrected chi connectivity index (χ2v) is 6.89. The number of rotatable bonds is 3. The Balaban J connectivity index is 1.98. The third-order valence-corrected chi connectivity index (χ3v) is 4.95. The molecular weight excluding hydrogens is 392 g/mol. The minimum absolute atomic E-state index is 0.0771. The molecule has 1 amide bonds. The van der Waals surface area contributed by atoms with Gasteiger partial charge in [0.1, 0.15) is 11.5 Å². The lowest BCUT2D eigenvalue weighted by Gasteiger charge is -2.26. The zero-order valence-corrected chi connectivity index (χ0v) is 15.7. The van der Waals surface area contributed by atoms with Crippen LogP contribution in [-0.2, 0) is 9.59 Å². The van der Waals surface area contributed by atoms with Gasteiger partial charge in [-0.25, -0.2) is 0 Å². The number of benzene rings is 2. The number of hydrogen-bond donors (Lipinski definition) is 2. The molecule has 1 aliphatic rings. The molecule has 144 valence electrons. The quantitative estimate of drug-likeness (QED) is 0.389. The molecule has 0 radical (unpaired) electrons. The van der Waals surface area contributed by atoms with Gasteiger partial charge in [-0.1, -0.05) is 41.9 Å². The zero-order valence-electron chi connectivity index (χ0n) is 15.0. The number of ketones is 1. The SMILES string of the molecule is O=C1C(=O)N(c2cc(Cl)ccc2O)C(c2ccncc2)/C1=C(\O)c1ccccc1. The molecule has 0 bridgehead atoms. The summed E-state index contributed by atoms with van der Waals surface area (Å²) in [4.78, 5) is 31.0. The Hall–Kier alpha value is -3.64. The van der Waals surface area contributed by atoms with Gasteiger partial charge in [0.05, 0.1) is 17.3 Å². The fourth-order valence-corrected chi connectivity index (χ4v) is 3.55. The number of halogens is 1. The molecule has 2 N–H and O–H groups in total. The number of hydrogen-bond acceptors (Lipinski definition) is 5. The van der Waals surface area contributed by atoms with E-state index in [0.717, 1.165) is 4.90 Å². The highest BCUT2D eigenvalue weighted by Crippen LogP contribution is 2.45. The first-order valence-electron chi connectivity index (χ1n) is 8.74. The molecule has 2 heterocycles. The highest BCUT2D eigenvalue weighted by atomic mass is 35.5. The topological polar surface area (TPSA) is 90.7 Å². The molecule has 4 rings (SSSR count). The molecular formula is C22H15ClN2O4. The smallest absolute Gasteiger partial charge is 0.300 e. The van der Waals surface area contributed by atoms with E-state index in [9.17, 15) is 19.8 Å². The van der Waals surface area contributed by atoms with Crippen LogP contribution in [0.4, 0.5) is 5.69 Å². The number of amides is 1. The highest BCUT2D eigenvalue weighted by Gasteiger charge is 2.47. The van der Waals surface area contributed by atoms with Crippen LogP contribution in [0.15, 0.2) is 78.6 Å². The zero-order chi connectivity index (χ0) is 20.5. The van der Waals surface area contributed by atoms with Crippen LogP contribution in [0.3, 0.4) is 0 Å². The van der Waals surface area contributed by atoms with Crippen molar-refractivity contribution in [1.82, 2.24) is 4.98 Å². The molecule has 6 nitrogen and oxygen atoms in total. The number of aromatic nitrogens is 1. The van der Waals surface area contributed by atoms with Crippen LogP contribution < -0.4 is 4.90 Å². The molecule has 1 saturated heterocycles. The number of pyridine rings is 1. The summed E-state index contributed by atoms with van der Waals surface area (Å²) in [6.45, 7) is 0. The van der Waals surface area contributed by atoms with Crippen LogP contribution in [0.25, 0.3) is 5.76 Å². The Labute approximate surface area is 171 Å². The number of Topliss-reactive ketones (excluding diaryl/α,β-unsaturated/α-hetero) is 1. The van der Waals surface area contributed by atoms with Gasteiger partial charge in [-0.3, -0.25) is 19.5 Å². The van der Waals surface area contributed by atoms with Gasteiger partial charge in [0.25, 0.3) is 11.7 Å². The number of phenolic OH excluding ortho intramolecular Hbond substituents is 1. The lowest BCUT2D eigenvalue weighted by molar-refractivity contribution is -0.132. The van der Waals surface area contributed by atoms with E-state index in [2.05, 4.69) is 4.98 Å². The summed E-state index contributed by atoms with van der Waals surface area (Å²) in [7, 11) is 0. The van der Waals surface area contributed by atoms with Crippen molar-refractivity contribution in [2.45, 2.75) is 6.04 Å². The summed E-state index contributed by atoms with van der Waals surface area (Å²) in [5.41, 5.74) is 0.955. The number of anilines is 1. The van der Waals surface area contributed by atoms with E-state index in [-0.39, 0.29) is 27.8 Å². The molecule has 2 aromatic carbocycles. The molecule has 1 fully saturated rings. The van der Waals surface area contributed by atoms with Crippen molar-refractivity contribution in [3.05, 3.63) is 94.8 Å². The highest BCUT2D eigenvalue weighted by molar-refractivity contribution is 6.52. The molecule has 7 heteroatoms. The Morgan fingerprint density at radius 2 is 1.69 bits per heavy atom. The molecule has 0 aliphatic carbocycles. The second kappa shape index (κ2) is 7.41. The van der Waals surface area contributed by atoms with E-state index in [1.807, 2.05) is 0 Å². The molecule has 1 atom stereocenters. The molecule has 0 spiro atoms. The molecule has 1 aromatic heterocycles. The van der Waals surface area contributed by atoms with Gasteiger partial charge in [0.2, 0.25) is 0 Å². The van der Waals surface area contributed by atoms with Crippen LogP contribution >= 0.6 is 11.6 Å². The Kier molecular flexibility index (Phi) is 4.78. The fourth-order valence-electron chi connectivity index (χ4n) is 3.38. The summed E-state index contributed by atoms with van der Waals surface area (Å²) < 4.78 is 0. The first-order valence-corrected chi connectivity index (χ1v) is 9.11. The number of carbonyl (C=O) groups excluding carboxylic acids is 2. The normalized spacial score (nSPS) is 18.2. The van der Waals surface area contributed by atoms with Gasteiger partial charge in [-0.05, 0) is 35.9 Å². The van der Waals surface area contributed by atoms with E-state index in [4.69, 9.17) is 11.6 Å². The number of phenols is 1. The standard InChI is InChI=1S/C22H15ClN2O4/c23-15-6-7-17(26)16(12-15)25-19(13-8-10-24-11-9-13)18(21(28)22(25)29)20(27)14-4-2-1-3-5-14/h1-12,19,26-27H/b20-18+. The van der Waals surface area contributed by atoms with E-state index in [1.165, 1.54) is 30.6 Å². The number of aromatic hydroxyl groups is 1. The maximum Gasteiger partial charge on any atom is 0.300 e. The third-order valence-electron chi connectivity index (χ3n) is 4.71. The van der Waals surface area contributed by atoms with Crippen molar-refractivity contribution in [2.24, 2.45) is 0 Å². The van der Waals surface area contributed by atoms with Crippen LogP contribution in [-0.4, -0.2) is 26.9 Å². The van der Waals surface area contributed by atoms with Crippen LogP contribution in [0.1, 0.15) is 17.2 Å². The van der Waals surface area contributed by atoms with Crippen molar-refractivity contribution >= 4 is 34.7 Å². The second-order valence-electron chi connectivity index (χ2n) is 6.45. The van der Waals surface area contributed by atoms with E-state index in [1.54, 1.807) is 42.5 Å². The maximum atomic E-state index is 13.0. The number of aliphatic hydroxyl groups excluding tert-OH is 1. The van der Waals surface area contributed by atoms with Gasteiger partial charge >= 0.3 is 0 Å². The van der Waals surface area contributed by atoms with Gasteiger partial charge in [-0.15, -0.1) is 0 Å². The molecule has 29 heavy (non-hydrogen) atoms. The number of nitrogens with zero attached hydrogens (tertiary/aromatic N) is 2. The Morgan fingerprint density at radius 1 is 1.00 bits per heavy atom. The fraction of sp³-hybridized carbons (Fsp3) is 0.0455. The Bertz CT molecular complexity index is 1130. The van der Waals surface area contributed by atoms with Gasteiger partial charge in [-0.2, -0.15) is 0 Å². The predicted octanol–water partition coefficient (Wildman–Crippen LogP) is 4.07. The average Bonchev–Trinajstić information content (AvgIpc) is 3.01. The number of carbonyl (C=O) groups is 2. The van der Waals surface area contributed by atoms with Gasteiger partial charge in [0, 0.05) is 23.0 Å². The molecule has 1 aliphatic heterocycles. The van der Waals surface area contributed by atoms with Gasteiger partial charge < -0.3 is 10.2 Å². The van der Waals surface area contributed by atoms with Gasteiger partial charge in [0.15, 0.2) is 0 Å². The van der Waals surface area contributed by atoms with Crippen LogP contribution in [0.5, 0.6) is 5.75 Å². The lowest BCUT2D eigenvalue weighted by Crippen LogP contribution is -2.29. The summed E-state index contributed by atoms with van der Waals surface area (Å²) in [6, 6.07) is 15.0. The molecule has 1 unspecified atom stereocenters. The minimum atomic E-state index is -0.956. The largest absolute Gasteiger partial charge is 0.507 e. The number of aliphatic hydroxyl groups is 1. The van der Waals surface area contributed by atoms with Crippen molar-refractivity contribution in [2.75, 3.05) is 4.90 Å². The summed E-state index contributed by atoms with van der Waals surface area (Å²) in [5, 5.41) is 21.5. The monoisotopic (exact) mass is 406 g/mol. The summed E-state index contributed by atoms with van der Waals surface area (Å²) >= 11 is 6.06. The van der Waals surface area contributed by atoms with Crippen molar-refractivity contribution in [3.8, 4) is 5.75 Å². The Morgan fingerprint density at radius 3 is 2.38 bits per heavy atom. The first-order chi connectivity index (χ1) is 14.0. The average molecular weight is 407 g/mol. The van der Waals surface area contributed by atoms with Crippen LogP contribution in [0.2, 0.25) is 5.02 Å². The van der Waals surface area contributed by atoms with E-state index < -0.39 is 17.7 Å². The minimum Gasteiger partial charge on any atom is -0.507 e. The lowest BCUT2D eigenvalue weighted by atomic mass is 9.96. The first kappa shape index (κ1) is 18.7. The van der Waals surface area contributed by atoms with Crippen molar-refractivity contribution in [3.63, 3.8) is 0 Å². The predicted molar refractivity (Wildman–Crippen MR) is 109 cm³/mol. The third kappa shape index (κ3) is 3.23.